The molecule has 1 aliphatic rings. The molecule has 0 atom stereocenters. The largest absolute Gasteiger partial charge is 0.418 e. The van der Waals surface area contributed by atoms with Crippen LogP contribution in [0.15, 0.2) is 0 Å². The molecule has 0 spiro atoms. The number of carbonyl (C=O) groups excluding carboxylic acids is 1. The van der Waals surface area contributed by atoms with Gasteiger partial charge in [-0.05, 0) is 47.3 Å². The van der Waals surface area contributed by atoms with E-state index in [-0.39, 0.29) is 0 Å². The smallest absolute Gasteiger partial charge is 0.402 e. The maximum absolute atomic E-state index is 13.6. The Hall–Kier alpha value is -0.363. The van der Waals surface area contributed by atoms with Crippen LogP contribution in [0.5, 0.6) is 0 Å². The molecule has 1 saturated carbocycles. The Morgan fingerprint density at radius 1 is 1.00 bits per heavy atom. The lowest BCUT2D eigenvalue weighted by Crippen LogP contribution is -2.82. The SMILES string of the molecule is CC1(C)C(=O)C(C)(C)C1(O[Si](C)(C)C)C(F)(F)F. The first-order valence-electron chi connectivity index (χ1n) is 5.93. The Bertz CT molecular complexity index is 360. The standard InChI is InChI=1S/C12H21F3O2Si/c1-9(2)8(16)10(3,4)11(9,12(13,14)15)17-18(5,6)7/h1-7H3. The predicted octanol–water partition coefficient (Wildman–Crippen LogP) is 3.77. The molecular weight excluding hydrogens is 261 g/mol. The van der Waals surface area contributed by atoms with Gasteiger partial charge in [0.15, 0.2) is 19.7 Å². The van der Waals surface area contributed by atoms with Gasteiger partial charge in [-0.2, -0.15) is 13.2 Å². The van der Waals surface area contributed by atoms with Crippen LogP contribution in [0.1, 0.15) is 27.7 Å². The molecule has 0 radical (unpaired) electrons. The Labute approximate surface area is 107 Å². The zero-order chi connectivity index (χ0) is 14.8. The van der Waals surface area contributed by atoms with E-state index in [9.17, 15) is 18.0 Å². The summed E-state index contributed by atoms with van der Waals surface area (Å²) in [6.45, 7) is 10.4. The van der Waals surface area contributed by atoms with Crippen molar-refractivity contribution in [2.75, 3.05) is 0 Å². The molecule has 0 amide bonds. The quantitative estimate of drug-likeness (QED) is 0.721. The van der Waals surface area contributed by atoms with Gasteiger partial charge >= 0.3 is 6.18 Å². The first-order valence-corrected chi connectivity index (χ1v) is 9.34. The second-order valence-corrected chi connectivity index (χ2v) is 11.4. The zero-order valence-corrected chi connectivity index (χ0v) is 13.0. The van der Waals surface area contributed by atoms with Gasteiger partial charge in [-0.3, -0.25) is 4.79 Å². The van der Waals surface area contributed by atoms with Crippen molar-refractivity contribution in [2.24, 2.45) is 10.8 Å². The summed E-state index contributed by atoms with van der Waals surface area (Å²) in [4.78, 5) is 12.0. The molecule has 0 bridgehead atoms. The van der Waals surface area contributed by atoms with Crippen molar-refractivity contribution in [2.45, 2.75) is 59.1 Å². The number of hydrogen-bond acceptors (Lipinski definition) is 2. The molecule has 0 aliphatic heterocycles. The van der Waals surface area contributed by atoms with Gasteiger partial charge in [-0.15, -0.1) is 0 Å². The van der Waals surface area contributed by atoms with Crippen LogP contribution >= 0.6 is 0 Å². The van der Waals surface area contributed by atoms with E-state index >= 15 is 0 Å². The van der Waals surface area contributed by atoms with E-state index in [4.69, 9.17) is 4.43 Å². The summed E-state index contributed by atoms with van der Waals surface area (Å²) >= 11 is 0. The van der Waals surface area contributed by atoms with Crippen LogP contribution in [0, 0.1) is 10.8 Å². The number of hydrogen-bond donors (Lipinski definition) is 0. The van der Waals surface area contributed by atoms with Gasteiger partial charge in [0.2, 0.25) is 0 Å². The summed E-state index contributed by atoms with van der Waals surface area (Å²) in [5, 5.41) is 0. The minimum atomic E-state index is -4.56. The Morgan fingerprint density at radius 3 is 1.56 bits per heavy atom. The number of rotatable bonds is 2. The molecule has 1 aliphatic carbocycles. The Balaban J connectivity index is 3.45. The molecule has 0 aromatic rings. The molecule has 2 nitrogen and oxygen atoms in total. The molecule has 0 unspecified atom stereocenters. The molecule has 6 heteroatoms. The second-order valence-electron chi connectivity index (χ2n) is 6.97. The maximum atomic E-state index is 13.6. The molecule has 0 saturated heterocycles. The third-order valence-electron chi connectivity index (χ3n) is 3.75. The van der Waals surface area contributed by atoms with E-state index in [0.29, 0.717) is 0 Å². The molecule has 0 aromatic carbocycles. The molecule has 1 fully saturated rings. The topological polar surface area (TPSA) is 26.3 Å². The summed E-state index contributed by atoms with van der Waals surface area (Å²) in [6, 6.07) is 0. The first kappa shape index (κ1) is 15.7. The van der Waals surface area contributed by atoms with Crippen molar-refractivity contribution >= 4 is 14.1 Å². The van der Waals surface area contributed by atoms with E-state index in [1.165, 1.54) is 27.7 Å². The van der Waals surface area contributed by atoms with Crippen molar-refractivity contribution in [3.8, 4) is 0 Å². The number of Topliss-reactive ketones (excluding diaryl/α,β-unsaturated/α-hetero) is 1. The van der Waals surface area contributed by atoms with E-state index in [1.807, 2.05) is 0 Å². The van der Waals surface area contributed by atoms with Gasteiger partial charge in [-0.1, -0.05) is 0 Å². The third kappa shape index (κ3) is 1.68. The molecule has 18 heavy (non-hydrogen) atoms. The van der Waals surface area contributed by atoms with Crippen LogP contribution in [-0.4, -0.2) is 25.9 Å². The number of halogens is 3. The van der Waals surface area contributed by atoms with E-state index in [1.54, 1.807) is 19.6 Å². The van der Waals surface area contributed by atoms with Crippen molar-refractivity contribution in [3.63, 3.8) is 0 Å². The van der Waals surface area contributed by atoms with Gasteiger partial charge in [-0.25, -0.2) is 0 Å². The highest BCUT2D eigenvalue weighted by Gasteiger charge is 2.84. The minimum absolute atomic E-state index is 0.398. The summed E-state index contributed by atoms with van der Waals surface area (Å²) < 4.78 is 46.3. The predicted molar refractivity (Wildman–Crippen MR) is 65.8 cm³/mol. The highest BCUT2D eigenvalue weighted by molar-refractivity contribution is 6.70. The fraction of sp³-hybridized carbons (Fsp3) is 0.917. The normalized spacial score (nSPS) is 25.8. The number of carbonyl (C=O) groups is 1. The van der Waals surface area contributed by atoms with Crippen LogP contribution in [0.25, 0.3) is 0 Å². The van der Waals surface area contributed by atoms with Gasteiger partial charge in [0, 0.05) is 0 Å². The lowest BCUT2D eigenvalue weighted by molar-refractivity contribution is -0.344. The van der Waals surface area contributed by atoms with Gasteiger partial charge in [0.25, 0.3) is 0 Å². The molecule has 0 N–H and O–H groups in total. The van der Waals surface area contributed by atoms with E-state index in [0.717, 1.165) is 0 Å². The molecule has 106 valence electrons. The highest BCUT2D eigenvalue weighted by Crippen LogP contribution is 2.67. The second kappa shape index (κ2) is 3.60. The molecule has 1 rings (SSSR count). The van der Waals surface area contributed by atoms with Gasteiger partial charge in [0.1, 0.15) is 0 Å². The van der Waals surface area contributed by atoms with Crippen molar-refractivity contribution in [3.05, 3.63) is 0 Å². The van der Waals surface area contributed by atoms with E-state index < -0.39 is 36.7 Å². The average molecular weight is 282 g/mol. The van der Waals surface area contributed by atoms with Crippen molar-refractivity contribution < 1.29 is 22.4 Å². The van der Waals surface area contributed by atoms with Gasteiger partial charge < -0.3 is 4.43 Å². The van der Waals surface area contributed by atoms with Crippen molar-refractivity contribution in [1.29, 1.82) is 0 Å². The summed E-state index contributed by atoms with van der Waals surface area (Å²) in [7, 11) is -2.45. The summed E-state index contributed by atoms with van der Waals surface area (Å²) in [5.74, 6) is -0.398. The van der Waals surface area contributed by atoms with Crippen LogP contribution < -0.4 is 0 Å². The van der Waals surface area contributed by atoms with Crippen LogP contribution in [0.2, 0.25) is 19.6 Å². The van der Waals surface area contributed by atoms with Gasteiger partial charge in [0.05, 0.1) is 10.8 Å². The Morgan fingerprint density at radius 2 is 1.33 bits per heavy atom. The van der Waals surface area contributed by atoms with Crippen LogP contribution in [-0.2, 0) is 9.22 Å². The summed E-state index contributed by atoms with van der Waals surface area (Å²) in [6.07, 6.45) is -4.56. The molecule has 0 heterocycles. The lowest BCUT2D eigenvalue weighted by Gasteiger charge is -2.65. The summed E-state index contributed by atoms with van der Waals surface area (Å²) in [5.41, 5.74) is -5.45. The average Bonchev–Trinajstić information content (AvgIpc) is 2.08. The molecule has 0 aromatic heterocycles. The fourth-order valence-corrected chi connectivity index (χ4v) is 4.85. The minimum Gasteiger partial charge on any atom is -0.402 e. The first-order chi connectivity index (χ1) is 7.61. The number of ketones is 1. The lowest BCUT2D eigenvalue weighted by atomic mass is 9.43. The Kier molecular flexibility index (Phi) is 3.13. The van der Waals surface area contributed by atoms with Crippen LogP contribution in [0.3, 0.4) is 0 Å². The third-order valence-corrected chi connectivity index (χ3v) is 4.67. The maximum Gasteiger partial charge on any atom is 0.418 e. The van der Waals surface area contributed by atoms with Crippen molar-refractivity contribution in [1.82, 2.24) is 0 Å². The fourth-order valence-electron chi connectivity index (χ4n) is 3.30. The highest BCUT2D eigenvalue weighted by atomic mass is 28.4. The van der Waals surface area contributed by atoms with Crippen LogP contribution in [0.4, 0.5) is 13.2 Å². The zero-order valence-electron chi connectivity index (χ0n) is 12.0. The monoisotopic (exact) mass is 282 g/mol. The number of alkyl halides is 3. The van der Waals surface area contributed by atoms with E-state index in [2.05, 4.69) is 0 Å². The molecular formula is C12H21F3O2Si.